The molecule has 0 bridgehead atoms. The van der Waals surface area contributed by atoms with Crippen molar-refractivity contribution in [3.05, 3.63) is 92.1 Å². The summed E-state index contributed by atoms with van der Waals surface area (Å²) in [6, 6.07) is 20.0. The first-order valence-electron chi connectivity index (χ1n) is 11.1. The second kappa shape index (κ2) is 9.68. The highest BCUT2D eigenvalue weighted by atomic mass is 79.9. The van der Waals surface area contributed by atoms with E-state index in [0.717, 1.165) is 16.3 Å². The molecular weight excluding hydrogens is 530 g/mol. The first-order valence-corrected chi connectivity index (χ1v) is 12.3. The van der Waals surface area contributed by atoms with Gasteiger partial charge in [-0.2, -0.15) is 9.78 Å². The smallest absolute Gasteiger partial charge is 0.282 e. The van der Waals surface area contributed by atoms with Crippen LogP contribution >= 0.6 is 27.5 Å². The van der Waals surface area contributed by atoms with E-state index in [1.54, 1.807) is 42.6 Å². The van der Waals surface area contributed by atoms with Crippen LogP contribution in [0.3, 0.4) is 0 Å². The van der Waals surface area contributed by atoms with Gasteiger partial charge in [-0.25, -0.2) is 4.98 Å². The molecule has 0 aliphatic rings. The Labute approximate surface area is 214 Å². The van der Waals surface area contributed by atoms with Crippen LogP contribution in [-0.2, 0) is 0 Å². The van der Waals surface area contributed by atoms with Gasteiger partial charge in [-0.1, -0.05) is 46.6 Å². The number of ether oxygens (including phenoxy) is 1. The second-order valence-corrected chi connectivity index (χ2v) is 9.48. The topological polar surface area (TPSA) is 69.6 Å². The van der Waals surface area contributed by atoms with Crippen LogP contribution < -0.4 is 10.3 Å². The lowest BCUT2D eigenvalue weighted by Crippen LogP contribution is -2.20. The summed E-state index contributed by atoms with van der Waals surface area (Å²) < 4.78 is 14.3. The SMILES string of the molecule is CC[C@@H](C)Oc1ccc(Cl)cc1C=Nn1c(-c2cc3cc(Br)ccc3o2)nc2ccccc2c1=O. The number of para-hydroxylation sites is 1. The van der Waals surface area contributed by atoms with Crippen molar-refractivity contribution >= 4 is 55.6 Å². The standard InChI is InChI=1S/C27H21BrClN3O3/c1-3-16(2)34-24-11-9-20(29)13-18(24)15-30-32-26(31-22-7-5-4-6-21(22)27(32)33)25-14-17-12-19(28)8-10-23(17)35-25/h4-16H,3H2,1-2H3/t16-/m1/s1. The molecule has 0 saturated carbocycles. The largest absolute Gasteiger partial charge is 0.490 e. The van der Waals surface area contributed by atoms with Crippen LogP contribution in [0, 0.1) is 0 Å². The molecule has 0 N–H and O–H groups in total. The van der Waals surface area contributed by atoms with E-state index in [-0.39, 0.29) is 11.7 Å². The van der Waals surface area contributed by atoms with Crippen molar-refractivity contribution in [1.82, 2.24) is 9.66 Å². The summed E-state index contributed by atoms with van der Waals surface area (Å²) in [5, 5.41) is 6.41. The molecule has 2 heterocycles. The molecule has 8 heteroatoms. The summed E-state index contributed by atoms with van der Waals surface area (Å²) in [5.41, 5.74) is 1.58. The number of rotatable bonds is 6. The Morgan fingerprint density at radius 1 is 1.17 bits per heavy atom. The third-order valence-electron chi connectivity index (χ3n) is 5.64. The summed E-state index contributed by atoms with van der Waals surface area (Å²) in [5.74, 6) is 1.36. The predicted molar refractivity (Wildman–Crippen MR) is 144 cm³/mol. The molecule has 0 aliphatic heterocycles. The summed E-state index contributed by atoms with van der Waals surface area (Å²) in [4.78, 5) is 18.2. The maximum atomic E-state index is 13.5. The lowest BCUT2D eigenvalue weighted by Gasteiger charge is -2.15. The van der Waals surface area contributed by atoms with Crippen LogP contribution in [0.15, 0.2) is 85.5 Å². The number of furan rings is 1. The summed E-state index contributed by atoms with van der Waals surface area (Å²) >= 11 is 9.73. The number of nitrogens with zero attached hydrogens (tertiary/aromatic N) is 3. The van der Waals surface area contributed by atoms with Crippen molar-refractivity contribution < 1.29 is 9.15 Å². The molecular formula is C27H21BrClN3O3. The number of aromatic nitrogens is 2. The molecule has 5 rings (SSSR count). The Kier molecular flexibility index (Phi) is 6.45. The highest BCUT2D eigenvalue weighted by Crippen LogP contribution is 2.29. The van der Waals surface area contributed by atoms with Crippen LogP contribution in [0.5, 0.6) is 5.75 Å². The van der Waals surface area contributed by atoms with Gasteiger partial charge < -0.3 is 9.15 Å². The minimum absolute atomic E-state index is 0.0128. The van der Waals surface area contributed by atoms with E-state index in [9.17, 15) is 4.79 Å². The molecule has 0 spiro atoms. The molecule has 5 aromatic rings. The monoisotopic (exact) mass is 549 g/mol. The maximum absolute atomic E-state index is 13.5. The van der Waals surface area contributed by atoms with E-state index in [2.05, 4.69) is 21.0 Å². The Morgan fingerprint density at radius 3 is 2.83 bits per heavy atom. The predicted octanol–water partition coefficient (Wildman–Crippen LogP) is 7.29. The third-order valence-corrected chi connectivity index (χ3v) is 6.37. The maximum Gasteiger partial charge on any atom is 0.282 e. The quantitative estimate of drug-likeness (QED) is 0.208. The van der Waals surface area contributed by atoms with Gasteiger partial charge in [-0.15, -0.1) is 0 Å². The van der Waals surface area contributed by atoms with Gasteiger partial charge in [0.05, 0.1) is 23.2 Å². The molecule has 0 unspecified atom stereocenters. The lowest BCUT2D eigenvalue weighted by molar-refractivity contribution is 0.217. The normalized spacial score (nSPS) is 12.6. The molecule has 0 amide bonds. The fraction of sp³-hybridized carbons (Fsp3) is 0.148. The van der Waals surface area contributed by atoms with Crippen LogP contribution in [0.25, 0.3) is 33.5 Å². The first kappa shape index (κ1) is 23.3. The van der Waals surface area contributed by atoms with E-state index in [0.29, 0.717) is 44.4 Å². The van der Waals surface area contributed by atoms with Gasteiger partial charge >= 0.3 is 0 Å². The lowest BCUT2D eigenvalue weighted by atomic mass is 10.2. The first-order chi connectivity index (χ1) is 16.9. The fourth-order valence-electron chi connectivity index (χ4n) is 3.66. The van der Waals surface area contributed by atoms with Gasteiger partial charge in [0.1, 0.15) is 11.3 Å². The van der Waals surface area contributed by atoms with E-state index < -0.39 is 0 Å². The molecule has 1 atom stereocenters. The zero-order valence-corrected chi connectivity index (χ0v) is 21.4. The molecule has 0 radical (unpaired) electrons. The number of fused-ring (bicyclic) bond motifs is 2. The average Bonchev–Trinajstić information content (AvgIpc) is 3.27. The molecule has 176 valence electrons. The number of hydrogen-bond acceptors (Lipinski definition) is 5. The van der Waals surface area contributed by atoms with E-state index in [1.807, 2.05) is 44.2 Å². The Balaban J connectivity index is 1.69. The van der Waals surface area contributed by atoms with E-state index in [1.165, 1.54) is 4.68 Å². The van der Waals surface area contributed by atoms with E-state index in [4.69, 9.17) is 25.7 Å². The van der Waals surface area contributed by atoms with Gasteiger partial charge in [-0.05, 0) is 67.9 Å². The molecule has 3 aromatic carbocycles. The highest BCUT2D eigenvalue weighted by Gasteiger charge is 2.17. The number of benzene rings is 3. The zero-order valence-electron chi connectivity index (χ0n) is 19.0. The van der Waals surface area contributed by atoms with Crippen LogP contribution in [-0.4, -0.2) is 22.0 Å². The van der Waals surface area contributed by atoms with Crippen molar-refractivity contribution in [3.63, 3.8) is 0 Å². The average molecular weight is 551 g/mol. The van der Waals surface area contributed by atoms with Crippen molar-refractivity contribution in [2.75, 3.05) is 0 Å². The highest BCUT2D eigenvalue weighted by molar-refractivity contribution is 9.10. The molecule has 0 fully saturated rings. The summed E-state index contributed by atoms with van der Waals surface area (Å²) in [6.07, 6.45) is 2.42. The van der Waals surface area contributed by atoms with Crippen molar-refractivity contribution in [1.29, 1.82) is 0 Å². The summed E-state index contributed by atoms with van der Waals surface area (Å²) in [7, 11) is 0. The molecule has 0 aliphatic carbocycles. The zero-order chi connectivity index (χ0) is 24.5. The minimum atomic E-state index is -0.310. The number of hydrogen-bond donors (Lipinski definition) is 0. The Morgan fingerprint density at radius 2 is 2.00 bits per heavy atom. The van der Waals surface area contributed by atoms with Gasteiger partial charge in [0.2, 0.25) is 5.82 Å². The van der Waals surface area contributed by atoms with Crippen molar-refractivity contribution in [3.8, 4) is 17.3 Å². The van der Waals surface area contributed by atoms with Gasteiger partial charge in [0.15, 0.2) is 5.76 Å². The van der Waals surface area contributed by atoms with Crippen LogP contribution in [0.2, 0.25) is 5.02 Å². The second-order valence-electron chi connectivity index (χ2n) is 8.13. The Bertz CT molecular complexity index is 1640. The summed E-state index contributed by atoms with van der Waals surface area (Å²) in [6.45, 7) is 4.04. The van der Waals surface area contributed by atoms with Crippen molar-refractivity contribution in [2.45, 2.75) is 26.4 Å². The minimum Gasteiger partial charge on any atom is -0.490 e. The van der Waals surface area contributed by atoms with Crippen LogP contribution in [0.4, 0.5) is 0 Å². The van der Waals surface area contributed by atoms with E-state index >= 15 is 0 Å². The molecule has 2 aromatic heterocycles. The van der Waals surface area contributed by atoms with Gasteiger partial charge in [-0.3, -0.25) is 4.79 Å². The van der Waals surface area contributed by atoms with Crippen LogP contribution in [0.1, 0.15) is 25.8 Å². The Hall–Kier alpha value is -3.42. The molecule has 35 heavy (non-hydrogen) atoms. The van der Waals surface area contributed by atoms with Gasteiger partial charge in [0.25, 0.3) is 5.56 Å². The third kappa shape index (κ3) is 4.74. The number of halogens is 2. The van der Waals surface area contributed by atoms with Gasteiger partial charge in [0, 0.05) is 20.4 Å². The molecule has 0 saturated heterocycles. The fourth-order valence-corrected chi connectivity index (χ4v) is 4.22. The molecule has 6 nitrogen and oxygen atoms in total. The van der Waals surface area contributed by atoms with Crippen molar-refractivity contribution in [2.24, 2.45) is 5.10 Å².